The molecule has 2 aliphatic heterocycles. The highest BCUT2D eigenvalue weighted by molar-refractivity contribution is 5.80. The van der Waals surface area contributed by atoms with E-state index in [4.69, 9.17) is 4.74 Å². The van der Waals surface area contributed by atoms with Crippen LogP contribution in [-0.4, -0.2) is 43.3 Å². The standard InChI is InChI=1S/C10H18N2O2/c1-8-11-6-10(13)12(8)4-2-9-3-5-14-7-9/h8-9,11H,2-7H2,1H3. The zero-order valence-corrected chi connectivity index (χ0v) is 8.66. The summed E-state index contributed by atoms with van der Waals surface area (Å²) in [6.07, 6.45) is 2.45. The summed E-state index contributed by atoms with van der Waals surface area (Å²) in [5.41, 5.74) is 0. The molecule has 2 unspecified atom stereocenters. The highest BCUT2D eigenvalue weighted by atomic mass is 16.5. The molecular formula is C10H18N2O2. The highest BCUT2D eigenvalue weighted by Gasteiger charge is 2.27. The number of rotatable bonds is 3. The molecule has 0 spiro atoms. The van der Waals surface area contributed by atoms with Crippen LogP contribution in [0.5, 0.6) is 0 Å². The van der Waals surface area contributed by atoms with Gasteiger partial charge in [-0.3, -0.25) is 10.1 Å². The normalized spacial score (nSPS) is 32.9. The first-order valence-corrected chi connectivity index (χ1v) is 5.38. The molecule has 2 rings (SSSR count). The van der Waals surface area contributed by atoms with Crippen LogP contribution < -0.4 is 5.32 Å². The van der Waals surface area contributed by atoms with Gasteiger partial charge >= 0.3 is 0 Å². The maximum absolute atomic E-state index is 11.4. The van der Waals surface area contributed by atoms with Gasteiger partial charge in [-0.05, 0) is 25.7 Å². The quantitative estimate of drug-likeness (QED) is 0.704. The molecule has 0 aromatic carbocycles. The van der Waals surface area contributed by atoms with E-state index in [-0.39, 0.29) is 12.1 Å². The Morgan fingerprint density at radius 3 is 3.07 bits per heavy atom. The SMILES string of the molecule is CC1NCC(=O)N1CCC1CCOC1. The molecular weight excluding hydrogens is 180 g/mol. The van der Waals surface area contributed by atoms with Gasteiger partial charge in [-0.15, -0.1) is 0 Å². The third-order valence-electron chi connectivity index (χ3n) is 3.14. The van der Waals surface area contributed by atoms with E-state index in [1.165, 1.54) is 0 Å². The Labute approximate surface area is 84.6 Å². The number of hydrogen-bond acceptors (Lipinski definition) is 3. The van der Waals surface area contributed by atoms with Gasteiger partial charge in [-0.2, -0.15) is 0 Å². The summed E-state index contributed by atoms with van der Waals surface area (Å²) in [7, 11) is 0. The molecule has 0 aromatic rings. The van der Waals surface area contributed by atoms with Gasteiger partial charge < -0.3 is 9.64 Å². The van der Waals surface area contributed by atoms with Crippen LogP contribution in [0.1, 0.15) is 19.8 Å². The van der Waals surface area contributed by atoms with Gasteiger partial charge in [0.15, 0.2) is 0 Å². The van der Waals surface area contributed by atoms with E-state index in [2.05, 4.69) is 5.32 Å². The molecule has 2 atom stereocenters. The fourth-order valence-electron chi connectivity index (χ4n) is 2.11. The number of carbonyl (C=O) groups excluding carboxylic acids is 1. The molecule has 2 saturated heterocycles. The fourth-order valence-corrected chi connectivity index (χ4v) is 2.11. The lowest BCUT2D eigenvalue weighted by Gasteiger charge is -2.22. The summed E-state index contributed by atoms with van der Waals surface area (Å²) in [4.78, 5) is 13.4. The number of nitrogens with one attached hydrogen (secondary N) is 1. The second-order valence-electron chi connectivity index (χ2n) is 4.16. The van der Waals surface area contributed by atoms with Crippen LogP contribution in [0.15, 0.2) is 0 Å². The van der Waals surface area contributed by atoms with Crippen molar-refractivity contribution in [2.24, 2.45) is 5.92 Å². The first-order valence-electron chi connectivity index (χ1n) is 5.38. The third kappa shape index (κ3) is 2.07. The van der Waals surface area contributed by atoms with Gasteiger partial charge in [0.25, 0.3) is 0 Å². The maximum atomic E-state index is 11.4. The lowest BCUT2D eigenvalue weighted by atomic mass is 10.1. The molecule has 1 amide bonds. The van der Waals surface area contributed by atoms with Crippen LogP contribution in [0.2, 0.25) is 0 Å². The molecule has 80 valence electrons. The molecule has 2 heterocycles. The molecule has 2 aliphatic rings. The number of carbonyl (C=O) groups is 1. The molecule has 2 fully saturated rings. The van der Waals surface area contributed by atoms with Crippen molar-refractivity contribution >= 4 is 5.91 Å². The van der Waals surface area contributed by atoms with Crippen molar-refractivity contribution in [1.82, 2.24) is 10.2 Å². The smallest absolute Gasteiger partial charge is 0.237 e. The topological polar surface area (TPSA) is 41.6 Å². The fraction of sp³-hybridized carbons (Fsp3) is 0.900. The lowest BCUT2D eigenvalue weighted by molar-refractivity contribution is -0.127. The van der Waals surface area contributed by atoms with E-state index in [0.717, 1.165) is 32.6 Å². The molecule has 4 heteroatoms. The van der Waals surface area contributed by atoms with Gasteiger partial charge in [-0.1, -0.05) is 0 Å². The third-order valence-corrected chi connectivity index (χ3v) is 3.14. The van der Waals surface area contributed by atoms with Crippen molar-refractivity contribution < 1.29 is 9.53 Å². The van der Waals surface area contributed by atoms with Crippen LogP contribution in [0.25, 0.3) is 0 Å². The predicted molar refractivity (Wildman–Crippen MR) is 52.7 cm³/mol. The van der Waals surface area contributed by atoms with Crippen molar-refractivity contribution in [1.29, 1.82) is 0 Å². The van der Waals surface area contributed by atoms with Crippen molar-refractivity contribution in [2.75, 3.05) is 26.3 Å². The summed E-state index contributed by atoms with van der Waals surface area (Å²) in [6.45, 7) is 5.19. The molecule has 0 aromatic heterocycles. The first kappa shape index (κ1) is 9.93. The van der Waals surface area contributed by atoms with E-state index >= 15 is 0 Å². The Morgan fingerprint density at radius 1 is 1.64 bits per heavy atom. The van der Waals surface area contributed by atoms with Crippen LogP contribution >= 0.6 is 0 Å². The number of hydrogen-bond donors (Lipinski definition) is 1. The molecule has 0 aliphatic carbocycles. The van der Waals surface area contributed by atoms with Gasteiger partial charge in [-0.25, -0.2) is 0 Å². The zero-order chi connectivity index (χ0) is 9.97. The minimum atomic E-state index is 0.213. The highest BCUT2D eigenvalue weighted by Crippen LogP contribution is 2.17. The molecule has 0 saturated carbocycles. The largest absolute Gasteiger partial charge is 0.381 e. The van der Waals surface area contributed by atoms with E-state index in [0.29, 0.717) is 12.5 Å². The molecule has 0 radical (unpaired) electrons. The Hall–Kier alpha value is -0.610. The number of amides is 1. The van der Waals surface area contributed by atoms with Crippen molar-refractivity contribution in [2.45, 2.75) is 25.9 Å². The Kier molecular flexibility index (Phi) is 3.03. The summed E-state index contributed by atoms with van der Waals surface area (Å²) in [5, 5.41) is 3.14. The lowest BCUT2D eigenvalue weighted by Crippen LogP contribution is -2.36. The maximum Gasteiger partial charge on any atom is 0.237 e. The van der Waals surface area contributed by atoms with Crippen LogP contribution in [0, 0.1) is 5.92 Å². The van der Waals surface area contributed by atoms with Crippen LogP contribution in [0.4, 0.5) is 0 Å². The summed E-state index contributed by atoms with van der Waals surface area (Å²) < 4.78 is 5.31. The van der Waals surface area contributed by atoms with Crippen molar-refractivity contribution in [3.8, 4) is 0 Å². The van der Waals surface area contributed by atoms with Crippen molar-refractivity contribution in [3.05, 3.63) is 0 Å². The van der Waals surface area contributed by atoms with Crippen LogP contribution in [0.3, 0.4) is 0 Å². The van der Waals surface area contributed by atoms with Gasteiger partial charge in [0.1, 0.15) is 0 Å². The Morgan fingerprint density at radius 2 is 2.50 bits per heavy atom. The van der Waals surface area contributed by atoms with Crippen molar-refractivity contribution in [3.63, 3.8) is 0 Å². The average molecular weight is 198 g/mol. The molecule has 0 bridgehead atoms. The van der Waals surface area contributed by atoms with Gasteiger partial charge in [0, 0.05) is 19.8 Å². The van der Waals surface area contributed by atoms with Crippen LogP contribution in [-0.2, 0) is 9.53 Å². The van der Waals surface area contributed by atoms with Gasteiger partial charge in [0.2, 0.25) is 5.91 Å². The minimum absolute atomic E-state index is 0.213. The van der Waals surface area contributed by atoms with E-state index in [1.54, 1.807) is 0 Å². The molecule has 4 nitrogen and oxygen atoms in total. The second-order valence-corrected chi connectivity index (χ2v) is 4.16. The second kappa shape index (κ2) is 4.28. The molecule has 14 heavy (non-hydrogen) atoms. The number of nitrogens with zero attached hydrogens (tertiary/aromatic N) is 1. The first-order chi connectivity index (χ1) is 6.77. The molecule has 1 N–H and O–H groups in total. The van der Waals surface area contributed by atoms with E-state index in [9.17, 15) is 4.79 Å². The van der Waals surface area contributed by atoms with Gasteiger partial charge in [0.05, 0.1) is 12.7 Å². The monoisotopic (exact) mass is 198 g/mol. The number of ether oxygens (including phenoxy) is 1. The minimum Gasteiger partial charge on any atom is -0.381 e. The summed E-state index contributed by atoms with van der Waals surface area (Å²) >= 11 is 0. The zero-order valence-electron chi connectivity index (χ0n) is 8.66. The Balaban J connectivity index is 1.76. The van der Waals surface area contributed by atoms with E-state index < -0.39 is 0 Å². The Bertz CT molecular complexity index is 214. The average Bonchev–Trinajstić information content (AvgIpc) is 2.76. The predicted octanol–water partition coefficient (Wildman–Crippen LogP) is 0.191. The van der Waals surface area contributed by atoms with E-state index in [1.807, 2.05) is 11.8 Å². The summed E-state index contributed by atoms with van der Waals surface area (Å²) in [5.74, 6) is 0.895. The summed E-state index contributed by atoms with van der Waals surface area (Å²) in [6, 6.07) is 0.